The van der Waals surface area contributed by atoms with E-state index in [2.05, 4.69) is 15.1 Å². The zero-order valence-corrected chi connectivity index (χ0v) is 10.0. The molecule has 17 heavy (non-hydrogen) atoms. The van der Waals surface area contributed by atoms with Crippen LogP contribution in [0.25, 0.3) is 22.3 Å². The van der Waals surface area contributed by atoms with Crippen LogP contribution in [0.15, 0.2) is 36.5 Å². The average Bonchev–Trinajstić information content (AvgIpc) is 2.69. The van der Waals surface area contributed by atoms with Gasteiger partial charge in [-0.1, -0.05) is 18.2 Å². The molecular weight excluding hydrogens is 232 g/mol. The largest absolute Gasteiger partial charge is 0.279 e. The quantitative estimate of drug-likeness (QED) is 0.667. The molecule has 0 radical (unpaired) electrons. The smallest absolute Gasteiger partial charge is 0.216 e. The standard InChI is InChI=1S/C12H10N4S/c1-16-12(17)14-11(15-16)9-4-2-6-10-8(9)5-3-7-13-10/h2-7H,1H3,(H,14,15,17). The first-order chi connectivity index (χ1) is 8.25. The molecule has 0 bridgehead atoms. The van der Waals surface area contributed by atoms with E-state index in [0.717, 1.165) is 22.3 Å². The summed E-state index contributed by atoms with van der Waals surface area (Å²) in [6.07, 6.45) is 1.78. The van der Waals surface area contributed by atoms with E-state index in [1.807, 2.05) is 37.4 Å². The van der Waals surface area contributed by atoms with E-state index < -0.39 is 0 Å². The van der Waals surface area contributed by atoms with Crippen LogP contribution in [-0.2, 0) is 7.05 Å². The molecular formula is C12H10N4S. The summed E-state index contributed by atoms with van der Waals surface area (Å²) in [4.78, 5) is 8.65. The predicted molar refractivity (Wildman–Crippen MR) is 69.1 cm³/mol. The van der Waals surface area contributed by atoms with Gasteiger partial charge in [-0.25, -0.2) is 0 Å². The normalized spacial score (nSPS) is 10.9. The van der Waals surface area contributed by atoms with Crippen molar-refractivity contribution in [2.75, 3.05) is 0 Å². The maximum Gasteiger partial charge on any atom is 0.216 e. The molecule has 0 saturated heterocycles. The van der Waals surface area contributed by atoms with Crippen molar-refractivity contribution < 1.29 is 0 Å². The van der Waals surface area contributed by atoms with Crippen molar-refractivity contribution in [3.63, 3.8) is 0 Å². The molecule has 4 nitrogen and oxygen atoms in total. The number of hydrogen-bond donors (Lipinski definition) is 1. The predicted octanol–water partition coefficient (Wildman–Crippen LogP) is 2.69. The molecule has 2 heterocycles. The molecule has 0 unspecified atom stereocenters. The Hall–Kier alpha value is -2.01. The Morgan fingerprint density at radius 1 is 1.24 bits per heavy atom. The highest BCUT2D eigenvalue weighted by molar-refractivity contribution is 7.71. The minimum absolute atomic E-state index is 0.542. The van der Waals surface area contributed by atoms with Crippen molar-refractivity contribution >= 4 is 23.1 Å². The number of nitrogens with one attached hydrogen (secondary N) is 1. The van der Waals surface area contributed by atoms with Crippen LogP contribution in [0.1, 0.15) is 0 Å². The first-order valence-corrected chi connectivity index (χ1v) is 5.64. The molecule has 0 aliphatic heterocycles. The number of aromatic nitrogens is 4. The first kappa shape index (κ1) is 10.2. The van der Waals surface area contributed by atoms with Gasteiger partial charge in [-0.3, -0.25) is 14.8 Å². The fourth-order valence-electron chi connectivity index (χ4n) is 1.83. The summed E-state index contributed by atoms with van der Waals surface area (Å²) in [5.41, 5.74) is 1.97. The van der Waals surface area contributed by atoms with Crippen LogP contribution in [0.3, 0.4) is 0 Å². The van der Waals surface area contributed by atoms with Crippen LogP contribution in [-0.4, -0.2) is 19.7 Å². The van der Waals surface area contributed by atoms with Crippen molar-refractivity contribution in [2.24, 2.45) is 7.05 Å². The van der Waals surface area contributed by atoms with Crippen LogP contribution in [0, 0.1) is 4.77 Å². The van der Waals surface area contributed by atoms with Gasteiger partial charge in [-0.05, 0) is 24.4 Å². The van der Waals surface area contributed by atoms with E-state index in [0.29, 0.717) is 4.77 Å². The van der Waals surface area contributed by atoms with Crippen LogP contribution in [0.4, 0.5) is 0 Å². The minimum atomic E-state index is 0.542. The molecule has 0 aliphatic carbocycles. The second-order valence-electron chi connectivity index (χ2n) is 3.79. The van der Waals surface area contributed by atoms with Crippen LogP contribution >= 0.6 is 12.2 Å². The highest BCUT2D eigenvalue weighted by atomic mass is 32.1. The minimum Gasteiger partial charge on any atom is -0.279 e. The maximum atomic E-state index is 5.10. The summed E-state index contributed by atoms with van der Waals surface area (Å²) in [5, 5.41) is 4.20. The van der Waals surface area contributed by atoms with Gasteiger partial charge in [0.1, 0.15) is 0 Å². The molecule has 84 valence electrons. The van der Waals surface area contributed by atoms with Crippen molar-refractivity contribution in [3.8, 4) is 11.4 Å². The first-order valence-electron chi connectivity index (χ1n) is 5.23. The fraction of sp³-hybridized carbons (Fsp3) is 0.0833. The molecule has 1 aromatic carbocycles. The zero-order valence-electron chi connectivity index (χ0n) is 9.21. The molecule has 0 aliphatic rings. The monoisotopic (exact) mass is 242 g/mol. The number of benzene rings is 1. The van der Waals surface area contributed by atoms with Gasteiger partial charge in [0.15, 0.2) is 5.82 Å². The number of aromatic amines is 1. The number of aryl methyl sites for hydroxylation is 1. The Morgan fingerprint density at radius 2 is 2.12 bits per heavy atom. The Labute approximate surface area is 103 Å². The molecule has 3 rings (SSSR count). The van der Waals surface area contributed by atoms with Gasteiger partial charge in [0.25, 0.3) is 0 Å². The molecule has 1 N–H and O–H groups in total. The topological polar surface area (TPSA) is 46.5 Å². The lowest BCUT2D eigenvalue weighted by molar-refractivity contribution is 0.756. The zero-order chi connectivity index (χ0) is 11.8. The number of H-pyrrole nitrogens is 1. The van der Waals surface area contributed by atoms with Gasteiger partial charge < -0.3 is 0 Å². The third-order valence-electron chi connectivity index (χ3n) is 2.67. The molecule has 0 atom stereocenters. The SMILES string of the molecule is Cn1[nH]c(-c2cccc3ncccc23)nc1=S. The van der Waals surface area contributed by atoms with E-state index in [9.17, 15) is 0 Å². The summed E-state index contributed by atoms with van der Waals surface area (Å²) in [5.74, 6) is 0.774. The molecule has 0 amide bonds. The summed E-state index contributed by atoms with van der Waals surface area (Å²) >= 11 is 5.10. The van der Waals surface area contributed by atoms with Crippen molar-refractivity contribution in [3.05, 3.63) is 41.3 Å². The molecule has 0 spiro atoms. The Morgan fingerprint density at radius 3 is 2.88 bits per heavy atom. The lowest BCUT2D eigenvalue weighted by Crippen LogP contribution is -1.90. The van der Waals surface area contributed by atoms with Gasteiger partial charge in [0.2, 0.25) is 4.77 Å². The van der Waals surface area contributed by atoms with E-state index >= 15 is 0 Å². The second-order valence-corrected chi connectivity index (χ2v) is 4.15. The number of fused-ring (bicyclic) bond motifs is 1. The Kier molecular flexibility index (Phi) is 2.26. The Bertz CT molecular complexity index is 736. The lowest BCUT2D eigenvalue weighted by Gasteiger charge is -2.02. The highest BCUT2D eigenvalue weighted by Gasteiger charge is 2.07. The lowest BCUT2D eigenvalue weighted by atomic mass is 10.1. The molecule has 0 fully saturated rings. The second kappa shape index (κ2) is 3.78. The van der Waals surface area contributed by atoms with Crippen molar-refractivity contribution in [1.82, 2.24) is 19.7 Å². The third-order valence-corrected chi connectivity index (χ3v) is 3.03. The fourth-order valence-corrected chi connectivity index (χ4v) is 1.97. The number of nitrogens with zero attached hydrogens (tertiary/aromatic N) is 3. The summed E-state index contributed by atoms with van der Waals surface area (Å²) in [7, 11) is 1.85. The van der Waals surface area contributed by atoms with Crippen molar-refractivity contribution in [2.45, 2.75) is 0 Å². The third kappa shape index (κ3) is 1.64. The number of rotatable bonds is 1. The molecule has 2 aromatic heterocycles. The Balaban J connectivity index is 2.34. The van der Waals surface area contributed by atoms with Gasteiger partial charge >= 0.3 is 0 Å². The van der Waals surface area contributed by atoms with E-state index in [1.165, 1.54) is 0 Å². The average molecular weight is 242 g/mol. The molecule has 3 aromatic rings. The summed E-state index contributed by atoms with van der Waals surface area (Å²) in [6.45, 7) is 0. The van der Waals surface area contributed by atoms with Gasteiger partial charge in [0, 0.05) is 24.2 Å². The number of pyridine rings is 1. The van der Waals surface area contributed by atoms with Gasteiger partial charge in [-0.15, -0.1) is 0 Å². The summed E-state index contributed by atoms with van der Waals surface area (Å²) in [6, 6.07) is 9.91. The van der Waals surface area contributed by atoms with Crippen LogP contribution < -0.4 is 0 Å². The van der Waals surface area contributed by atoms with Crippen molar-refractivity contribution in [1.29, 1.82) is 0 Å². The van der Waals surface area contributed by atoms with E-state index in [-0.39, 0.29) is 0 Å². The maximum absolute atomic E-state index is 5.10. The highest BCUT2D eigenvalue weighted by Crippen LogP contribution is 2.24. The molecule has 0 saturated carbocycles. The van der Waals surface area contributed by atoms with Crippen LogP contribution in [0.5, 0.6) is 0 Å². The summed E-state index contributed by atoms with van der Waals surface area (Å²) < 4.78 is 2.26. The van der Waals surface area contributed by atoms with E-state index in [1.54, 1.807) is 10.9 Å². The number of hydrogen-bond acceptors (Lipinski definition) is 3. The van der Waals surface area contributed by atoms with Gasteiger partial charge in [-0.2, -0.15) is 4.98 Å². The van der Waals surface area contributed by atoms with E-state index in [4.69, 9.17) is 12.2 Å². The van der Waals surface area contributed by atoms with Gasteiger partial charge in [0.05, 0.1) is 5.52 Å². The van der Waals surface area contributed by atoms with Crippen LogP contribution in [0.2, 0.25) is 0 Å². The molecule has 5 heteroatoms.